The summed E-state index contributed by atoms with van der Waals surface area (Å²) in [6, 6.07) is 14.8. The summed E-state index contributed by atoms with van der Waals surface area (Å²) in [4.78, 5) is 16.6. The van der Waals surface area contributed by atoms with Crippen LogP contribution in [-0.4, -0.2) is 16.0 Å². The molecule has 3 aromatic rings. The van der Waals surface area contributed by atoms with Crippen LogP contribution >= 0.6 is 0 Å². The Kier molecular flexibility index (Phi) is 5.82. The number of hydrogen-bond acceptors (Lipinski definition) is 4. The van der Waals surface area contributed by atoms with Gasteiger partial charge in [-0.3, -0.25) is 9.78 Å². The third-order valence-electron chi connectivity index (χ3n) is 3.43. The number of nitrogens with one attached hydrogen (secondary N) is 1. The van der Waals surface area contributed by atoms with Crippen molar-refractivity contribution in [3.8, 4) is 5.75 Å². The Morgan fingerprint density at radius 3 is 2.52 bits per heavy atom. The number of para-hydroxylation sites is 1. The van der Waals surface area contributed by atoms with Crippen LogP contribution in [-0.2, 0) is 37.5 Å². The van der Waals surface area contributed by atoms with E-state index in [2.05, 4.69) is 10.3 Å². The Labute approximate surface area is 158 Å². The fourth-order valence-corrected chi connectivity index (χ4v) is 2.25. The third kappa shape index (κ3) is 3.93. The molecule has 1 unspecified atom stereocenters. The molecule has 1 amide bonds. The van der Waals surface area contributed by atoms with Gasteiger partial charge in [-0.05, 0) is 29.8 Å². The molecule has 0 bridgehead atoms. The zero-order valence-electron chi connectivity index (χ0n) is 12.3. The predicted molar refractivity (Wildman–Crippen MR) is 85.4 cm³/mol. The second-order valence-corrected chi connectivity index (χ2v) is 4.94. The van der Waals surface area contributed by atoms with Gasteiger partial charge in [-0.25, -0.2) is 0 Å². The minimum atomic E-state index is -0.820. The Hall–Kier alpha value is -1.82. The van der Waals surface area contributed by atoms with E-state index in [1.165, 1.54) is 12.1 Å². The Morgan fingerprint density at radius 1 is 1.09 bits per heavy atom. The number of rotatable bonds is 3. The Balaban J connectivity index is 0.00000192. The molecule has 1 heterocycles. The number of nitrogens with zero attached hydrogens (tertiary/aromatic N) is 1. The van der Waals surface area contributed by atoms with Gasteiger partial charge in [0.2, 0.25) is 5.91 Å². The number of anilines is 1. The summed E-state index contributed by atoms with van der Waals surface area (Å²) in [6.07, 6.45) is 1.68. The van der Waals surface area contributed by atoms with Crippen molar-refractivity contribution in [1.29, 1.82) is 0 Å². The van der Waals surface area contributed by atoms with E-state index in [4.69, 9.17) is 5.73 Å². The second kappa shape index (κ2) is 7.64. The van der Waals surface area contributed by atoms with E-state index in [1.807, 2.05) is 24.3 Å². The van der Waals surface area contributed by atoms with Crippen LogP contribution in [0.5, 0.6) is 5.75 Å². The SMILES string of the molecule is NC(C(=O)Nc1cccc2cccnc12)c1ccc(O)cc1.[Y]. The zero-order valence-corrected chi connectivity index (χ0v) is 15.1. The first-order valence-corrected chi connectivity index (χ1v) is 6.84. The van der Waals surface area contributed by atoms with Gasteiger partial charge in [-0.1, -0.05) is 30.3 Å². The second-order valence-electron chi connectivity index (χ2n) is 4.94. The molecule has 0 aliphatic heterocycles. The third-order valence-corrected chi connectivity index (χ3v) is 3.43. The van der Waals surface area contributed by atoms with E-state index in [9.17, 15) is 9.90 Å². The van der Waals surface area contributed by atoms with E-state index < -0.39 is 6.04 Å². The number of aromatic nitrogens is 1. The molecule has 0 spiro atoms. The molecular formula is C17H15N3O2Y. The first kappa shape index (κ1) is 17.5. The van der Waals surface area contributed by atoms with Gasteiger partial charge in [-0.15, -0.1) is 0 Å². The van der Waals surface area contributed by atoms with E-state index in [1.54, 1.807) is 24.4 Å². The molecule has 1 radical (unpaired) electrons. The van der Waals surface area contributed by atoms with Crippen LogP contribution in [0.4, 0.5) is 5.69 Å². The first-order valence-electron chi connectivity index (χ1n) is 6.84. The molecule has 4 N–H and O–H groups in total. The molecule has 0 aliphatic rings. The van der Waals surface area contributed by atoms with Gasteiger partial charge in [0.1, 0.15) is 11.8 Å². The topological polar surface area (TPSA) is 88.2 Å². The van der Waals surface area contributed by atoms with Gasteiger partial charge in [0, 0.05) is 44.3 Å². The van der Waals surface area contributed by atoms with Crippen molar-refractivity contribution in [2.24, 2.45) is 5.73 Å². The maximum Gasteiger partial charge on any atom is 0.245 e. The molecule has 3 rings (SSSR count). The normalized spacial score (nSPS) is 11.5. The Bertz CT molecular complexity index is 816. The predicted octanol–water partition coefficient (Wildman–Crippen LogP) is 2.58. The van der Waals surface area contributed by atoms with Gasteiger partial charge in [-0.2, -0.15) is 0 Å². The van der Waals surface area contributed by atoms with Gasteiger partial charge in [0.25, 0.3) is 0 Å². The fraction of sp³-hybridized carbons (Fsp3) is 0.0588. The molecule has 0 saturated carbocycles. The van der Waals surface area contributed by atoms with Gasteiger partial charge in [0.15, 0.2) is 0 Å². The van der Waals surface area contributed by atoms with Crippen LogP contribution in [0.2, 0.25) is 0 Å². The van der Waals surface area contributed by atoms with E-state index in [0.717, 1.165) is 10.9 Å². The molecule has 2 aromatic carbocycles. The molecule has 23 heavy (non-hydrogen) atoms. The van der Waals surface area contributed by atoms with Gasteiger partial charge < -0.3 is 16.2 Å². The molecule has 1 atom stereocenters. The van der Waals surface area contributed by atoms with Crippen LogP contribution in [0.1, 0.15) is 11.6 Å². The number of phenolic OH excluding ortho intramolecular Hbond substituents is 1. The average Bonchev–Trinajstić information content (AvgIpc) is 2.55. The Morgan fingerprint density at radius 2 is 1.78 bits per heavy atom. The number of carbonyl (C=O) groups excluding carboxylic acids is 1. The van der Waals surface area contributed by atoms with Crippen molar-refractivity contribution in [3.63, 3.8) is 0 Å². The van der Waals surface area contributed by atoms with E-state index in [-0.39, 0.29) is 44.4 Å². The van der Waals surface area contributed by atoms with Gasteiger partial charge in [0.05, 0.1) is 11.2 Å². The summed E-state index contributed by atoms with van der Waals surface area (Å²) >= 11 is 0. The molecule has 0 aliphatic carbocycles. The molecule has 0 fully saturated rings. The zero-order chi connectivity index (χ0) is 15.5. The quantitative estimate of drug-likeness (QED) is 0.650. The van der Waals surface area contributed by atoms with E-state index in [0.29, 0.717) is 11.3 Å². The number of carbonyl (C=O) groups is 1. The van der Waals surface area contributed by atoms with Crippen molar-refractivity contribution in [1.82, 2.24) is 4.98 Å². The number of pyridine rings is 1. The summed E-state index contributed by atoms with van der Waals surface area (Å²) < 4.78 is 0. The molecule has 6 heteroatoms. The largest absolute Gasteiger partial charge is 0.508 e. The molecular weight excluding hydrogens is 367 g/mol. The van der Waals surface area contributed by atoms with Crippen LogP contribution in [0, 0.1) is 0 Å². The smallest absolute Gasteiger partial charge is 0.245 e. The van der Waals surface area contributed by atoms with Crippen molar-refractivity contribution in [3.05, 3.63) is 66.4 Å². The standard InChI is InChI=1S/C17H15N3O2.Y/c18-15(11-6-8-13(21)9-7-11)17(22)20-14-5-1-3-12-4-2-10-19-16(12)14;/h1-10,15,21H,18H2,(H,20,22);. The fourth-order valence-electron chi connectivity index (χ4n) is 2.25. The summed E-state index contributed by atoms with van der Waals surface area (Å²) in [5, 5.41) is 13.0. The summed E-state index contributed by atoms with van der Waals surface area (Å²) in [6.45, 7) is 0. The summed E-state index contributed by atoms with van der Waals surface area (Å²) in [5.74, 6) is -0.196. The summed E-state index contributed by atoms with van der Waals surface area (Å²) in [7, 11) is 0. The first-order chi connectivity index (χ1) is 10.6. The number of nitrogens with two attached hydrogens (primary N) is 1. The number of phenols is 1. The van der Waals surface area contributed by atoms with Crippen molar-refractivity contribution >= 4 is 22.5 Å². The average molecular weight is 382 g/mol. The monoisotopic (exact) mass is 382 g/mol. The molecule has 0 saturated heterocycles. The number of amides is 1. The van der Waals surface area contributed by atoms with Crippen LogP contribution in [0.25, 0.3) is 10.9 Å². The maximum atomic E-state index is 12.3. The number of benzene rings is 2. The number of hydrogen-bond donors (Lipinski definition) is 3. The van der Waals surface area contributed by atoms with Gasteiger partial charge >= 0.3 is 0 Å². The van der Waals surface area contributed by atoms with Crippen LogP contribution in [0.15, 0.2) is 60.8 Å². The molecule has 5 nitrogen and oxygen atoms in total. The van der Waals surface area contributed by atoms with Crippen molar-refractivity contribution < 1.29 is 42.6 Å². The number of fused-ring (bicyclic) bond motifs is 1. The van der Waals surface area contributed by atoms with Crippen molar-refractivity contribution in [2.75, 3.05) is 5.32 Å². The minimum Gasteiger partial charge on any atom is -0.508 e. The van der Waals surface area contributed by atoms with Crippen LogP contribution < -0.4 is 11.1 Å². The maximum absolute atomic E-state index is 12.3. The van der Waals surface area contributed by atoms with Crippen molar-refractivity contribution in [2.45, 2.75) is 6.04 Å². The minimum absolute atomic E-state index is 0. The molecule has 1 aromatic heterocycles. The molecule has 113 valence electrons. The van der Waals surface area contributed by atoms with Crippen LogP contribution in [0.3, 0.4) is 0 Å². The van der Waals surface area contributed by atoms with E-state index >= 15 is 0 Å². The summed E-state index contributed by atoms with van der Waals surface area (Å²) in [5.41, 5.74) is 7.94. The number of aromatic hydroxyl groups is 1.